The number of carbonyl (C=O) groups excluding carboxylic acids is 2. The summed E-state index contributed by atoms with van der Waals surface area (Å²) in [7, 11) is 4.71. The van der Waals surface area contributed by atoms with Gasteiger partial charge >= 0.3 is 0 Å². The van der Waals surface area contributed by atoms with Crippen molar-refractivity contribution in [3.63, 3.8) is 0 Å². The van der Waals surface area contributed by atoms with E-state index < -0.39 is 0 Å². The molecule has 0 saturated heterocycles. The molecule has 0 radical (unpaired) electrons. The van der Waals surface area contributed by atoms with Crippen molar-refractivity contribution in [1.29, 1.82) is 0 Å². The van der Waals surface area contributed by atoms with Gasteiger partial charge in [-0.15, -0.1) is 0 Å². The molecule has 0 bridgehead atoms. The van der Waals surface area contributed by atoms with Crippen molar-refractivity contribution in [1.82, 2.24) is 0 Å². The Kier molecular flexibility index (Phi) is 4.35. The summed E-state index contributed by atoms with van der Waals surface area (Å²) in [6.45, 7) is 0. The predicted molar refractivity (Wildman–Crippen MR) is 107 cm³/mol. The van der Waals surface area contributed by atoms with E-state index in [4.69, 9.17) is 14.2 Å². The molecular weight excluding hydrogens is 356 g/mol. The molecule has 0 fully saturated rings. The highest BCUT2D eigenvalue weighted by Crippen LogP contribution is 2.50. The first-order valence-corrected chi connectivity index (χ1v) is 8.70. The summed E-state index contributed by atoms with van der Waals surface area (Å²) in [5.41, 5.74) is 3.91. The Bertz CT molecular complexity index is 1150. The highest BCUT2D eigenvalue weighted by Gasteiger charge is 2.29. The van der Waals surface area contributed by atoms with E-state index in [9.17, 15) is 9.59 Å². The summed E-state index contributed by atoms with van der Waals surface area (Å²) in [5, 5.41) is 1.67. The molecule has 0 amide bonds. The van der Waals surface area contributed by atoms with Crippen LogP contribution in [0.15, 0.2) is 42.5 Å². The molecule has 0 aromatic heterocycles. The summed E-state index contributed by atoms with van der Waals surface area (Å²) in [6, 6.07) is 12.8. The van der Waals surface area contributed by atoms with Crippen molar-refractivity contribution in [3.05, 3.63) is 64.7 Å². The molecule has 0 unspecified atom stereocenters. The average Bonchev–Trinajstić information content (AvgIpc) is 3.07. The third-order valence-corrected chi connectivity index (χ3v) is 5.14. The molecule has 28 heavy (non-hydrogen) atoms. The van der Waals surface area contributed by atoms with E-state index in [1.807, 2.05) is 30.3 Å². The number of benzene rings is 3. The highest BCUT2D eigenvalue weighted by atomic mass is 16.5. The zero-order valence-electron chi connectivity index (χ0n) is 15.7. The smallest absolute Gasteiger partial charge is 0.154 e. The lowest BCUT2D eigenvalue weighted by molar-refractivity contribution is -0.103. The largest absolute Gasteiger partial charge is 0.496 e. The number of methoxy groups -OCH3 is 3. The number of ether oxygens (including phenoxy) is 3. The second-order valence-corrected chi connectivity index (χ2v) is 6.33. The topological polar surface area (TPSA) is 61.8 Å². The standard InChI is InChI=1S/C23H18O5/c1-26-18-6-4-5-13(16(18)11-24)21-15-8-10-20(28-3)23-19(27-2)9-7-14(22(15)23)17(21)12-25/h4-12H,1-3H3. The lowest BCUT2D eigenvalue weighted by Gasteiger charge is -2.14. The van der Waals surface area contributed by atoms with Gasteiger partial charge in [-0.05, 0) is 47.0 Å². The second-order valence-electron chi connectivity index (χ2n) is 6.33. The van der Waals surface area contributed by atoms with Gasteiger partial charge in [-0.1, -0.05) is 12.1 Å². The van der Waals surface area contributed by atoms with Gasteiger partial charge in [0, 0.05) is 16.5 Å². The molecule has 0 saturated carbocycles. The van der Waals surface area contributed by atoms with Gasteiger partial charge in [0.15, 0.2) is 12.6 Å². The monoisotopic (exact) mass is 374 g/mol. The minimum atomic E-state index is 0.406. The lowest BCUT2D eigenvalue weighted by Crippen LogP contribution is -1.98. The Morgan fingerprint density at radius 1 is 0.643 bits per heavy atom. The number of rotatable bonds is 6. The number of carbonyl (C=O) groups is 2. The van der Waals surface area contributed by atoms with E-state index in [-0.39, 0.29) is 0 Å². The van der Waals surface area contributed by atoms with E-state index in [2.05, 4.69) is 0 Å². The fourth-order valence-corrected chi connectivity index (χ4v) is 3.96. The van der Waals surface area contributed by atoms with Crippen molar-refractivity contribution in [3.8, 4) is 17.2 Å². The Morgan fingerprint density at radius 3 is 1.86 bits per heavy atom. The molecular formula is C23H18O5. The van der Waals surface area contributed by atoms with Crippen molar-refractivity contribution in [2.45, 2.75) is 0 Å². The molecule has 3 aromatic rings. The first-order valence-electron chi connectivity index (χ1n) is 8.70. The molecule has 0 atom stereocenters. The molecule has 3 aromatic carbocycles. The lowest BCUT2D eigenvalue weighted by atomic mass is 9.92. The van der Waals surface area contributed by atoms with E-state index in [0.29, 0.717) is 39.5 Å². The molecule has 140 valence electrons. The Balaban J connectivity index is 2.13. The maximum Gasteiger partial charge on any atom is 0.154 e. The first-order chi connectivity index (χ1) is 13.7. The summed E-state index contributed by atoms with van der Waals surface area (Å²) in [6.07, 6.45) is 1.59. The van der Waals surface area contributed by atoms with Crippen molar-refractivity contribution in [2.24, 2.45) is 0 Å². The maximum atomic E-state index is 12.1. The van der Waals surface area contributed by atoms with Gasteiger partial charge in [-0.25, -0.2) is 0 Å². The fraction of sp³-hybridized carbons (Fsp3) is 0.130. The van der Waals surface area contributed by atoms with Crippen molar-refractivity contribution < 1.29 is 23.8 Å². The average molecular weight is 374 g/mol. The van der Waals surface area contributed by atoms with Gasteiger partial charge in [0.1, 0.15) is 17.2 Å². The van der Waals surface area contributed by atoms with Crippen LogP contribution in [0.4, 0.5) is 0 Å². The van der Waals surface area contributed by atoms with Gasteiger partial charge in [0.05, 0.1) is 32.3 Å². The molecule has 5 heteroatoms. The van der Waals surface area contributed by atoms with Crippen LogP contribution < -0.4 is 14.2 Å². The van der Waals surface area contributed by atoms with Gasteiger partial charge in [-0.3, -0.25) is 9.59 Å². The minimum absolute atomic E-state index is 0.406. The zero-order chi connectivity index (χ0) is 19.8. The van der Waals surface area contributed by atoms with Crippen LogP contribution >= 0.6 is 0 Å². The van der Waals surface area contributed by atoms with Crippen LogP contribution in [0.3, 0.4) is 0 Å². The van der Waals surface area contributed by atoms with Crippen LogP contribution in [0.1, 0.15) is 27.0 Å². The van der Waals surface area contributed by atoms with Crippen LogP contribution in [-0.2, 0) is 4.79 Å². The quantitative estimate of drug-likeness (QED) is 0.607. The van der Waals surface area contributed by atoms with Crippen LogP contribution in [0.25, 0.3) is 21.9 Å². The van der Waals surface area contributed by atoms with E-state index in [1.165, 1.54) is 7.11 Å². The molecule has 0 N–H and O–H groups in total. The van der Waals surface area contributed by atoms with Crippen molar-refractivity contribution in [2.75, 3.05) is 21.3 Å². The molecule has 4 rings (SSSR count). The summed E-state index contributed by atoms with van der Waals surface area (Å²) in [4.78, 5) is 24.0. The molecule has 1 aliphatic carbocycles. The van der Waals surface area contributed by atoms with Gasteiger partial charge < -0.3 is 14.2 Å². The molecule has 0 spiro atoms. The van der Waals surface area contributed by atoms with Gasteiger partial charge in [0.2, 0.25) is 0 Å². The molecule has 5 nitrogen and oxygen atoms in total. The van der Waals surface area contributed by atoms with Crippen LogP contribution in [-0.4, -0.2) is 33.9 Å². The Hall–Kier alpha value is -3.60. The zero-order valence-corrected chi connectivity index (χ0v) is 15.7. The van der Waals surface area contributed by atoms with E-state index in [1.54, 1.807) is 26.4 Å². The highest BCUT2D eigenvalue weighted by molar-refractivity contribution is 6.31. The predicted octanol–water partition coefficient (Wildman–Crippen LogP) is 4.15. The Labute approximate surface area is 162 Å². The number of hydrogen-bond donors (Lipinski definition) is 0. The first kappa shape index (κ1) is 17.8. The fourth-order valence-electron chi connectivity index (χ4n) is 3.96. The summed E-state index contributed by atoms with van der Waals surface area (Å²) >= 11 is 0. The van der Waals surface area contributed by atoms with E-state index >= 15 is 0 Å². The molecule has 1 aliphatic rings. The number of hydrogen-bond acceptors (Lipinski definition) is 5. The van der Waals surface area contributed by atoms with Crippen molar-refractivity contribution >= 4 is 34.5 Å². The number of allylic oxidation sites excluding steroid dienone is 1. The third kappa shape index (κ3) is 2.33. The molecule has 0 aliphatic heterocycles. The van der Waals surface area contributed by atoms with Gasteiger partial charge in [-0.2, -0.15) is 0 Å². The summed E-state index contributed by atoms with van der Waals surface area (Å²) < 4.78 is 16.4. The van der Waals surface area contributed by atoms with Crippen LogP contribution in [0.2, 0.25) is 0 Å². The minimum Gasteiger partial charge on any atom is -0.496 e. The third-order valence-electron chi connectivity index (χ3n) is 5.14. The SMILES string of the molecule is COc1cccc(C2=C(C=O)c3ccc(OC)c4c(OC)ccc2c34)c1C=O. The second kappa shape index (κ2) is 6.85. The van der Waals surface area contributed by atoms with Crippen LogP contribution in [0, 0.1) is 0 Å². The van der Waals surface area contributed by atoms with Crippen LogP contribution in [0.5, 0.6) is 17.2 Å². The van der Waals surface area contributed by atoms with Gasteiger partial charge in [0.25, 0.3) is 0 Å². The summed E-state index contributed by atoms with van der Waals surface area (Å²) in [5.74, 6) is 1.78. The normalized spacial score (nSPS) is 12.2. The maximum absolute atomic E-state index is 12.1. The Morgan fingerprint density at radius 2 is 1.29 bits per heavy atom. The number of aldehydes is 2. The molecule has 0 heterocycles. The van der Waals surface area contributed by atoms with E-state index in [0.717, 1.165) is 34.5 Å².